The van der Waals surface area contributed by atoms with Gasteiger partial charge in [0.2, 0.25) is 5.95 Å². The van der Waals surface area contributed by atoms with Crippen LogP contribution in [0, 0.1) is 11.3 Å². The van der Waals surface area contributed by atoms with E-state index in [1.165, 1.54) is 5.56 Å². The summed E-state index contributed by atoms with van der Waals surface area (Å²) in [5.41, 5.74) is 2.51. The van der Waals surface area contributed by atoms with Gasteiger partial charge < -0.3 is 10.6 Å². The molecular formula is C22H27N7O. The number of nitriles is 1. The van der Waals surface area contributed by atoms with Gasteiger partial charge in [0.1, 0.15) is 0 Å². The molecule has 156 valence electrons. The van der Waals surface area contributed by atoms with Crippen molar-refractivity contribution in [1.29, 1.82) is 5.26 Å². The van der Waals surface area contributed by atoms with Gasteiger partial charge in [0.15, 0.2) is 17.3 Å². The first-order chi connectivity index (χ1) is 14.7. The van der Waals surface area contributed by atoms with Gasteiger partial charge in [-0.05, 0) is 62.4 Å². The zero-order valence-corrected chi connectivity index (χ0v) is 17.3. The van der Waals surface area contributed by atoms with Crippen molar-refractivity contribution in [3.63, 3.8) is 0 Å². The number of Topliss-reactive ketones (excluding diaryl/α,β-unsaturated/α-hetero) is 1. The molecule has 1 aromatic heterocycles. The summed E-state index contributed by atoms with van der Waals surface area (Å²) in [6.45, 7) is 4.27. The second-order valence-corrected chi connectivity index (χ2v) is 7.98. The molecule has 0 spiro atoms. The van der Waals surface area contributed by atoms with Gasteiger partial charge in [0, 0.05) is 18.2 Å². The third-order valence-corrected chi connectivity index (χ3v) is 5.71. The molecule has 0 bridgehead atoms. The summed E-state index contributed by atoms with van der Waals surface area (Å²) >= 11 is 0. The number of aromatic nitrogens is 3. The largest absolute Gasteiger partial charge is 0.365 e. The van der Waals surface area contributed by atoms with Gasteiger partial charge >= 0.3 is 0 Å². The molecule has 0 atom stereocenters. The number of rotatable bonds is 8. The fourth-order valence-electron chi connectivity index (χ4n) is 3.75. The van der Waals surface area contributed by atoms with E-state index in [-0.39, 0.29) is 5.78 Å². The Bertz CT molecular complexity index is 925. The maximum absolute atomic E-state index is 12.1. The Morgan fingerprint density at radius 3 is 2.53 bits per heavy atom. The summed E-state index contributed by atoms with van der Waals surface area (Å²) in [6.07, 6.45) is 4.70. The Morgan fingerprint density at radius 2 is 1.90 bits per heavy atom. The molecule has 2 fully saturated rings. The predicted octanol–water partition coefficient (Wildman–Crippen LogP) is 3.49. The third-order valence-electron chi connectivity index (χ3n) is 5.71. The molecule has 8 nitrogen and oxygen atoms in total. The number of hydrogen-bond donors (Lipinski definition) is 2. The number of likely N-dealkylation sites (tertiary alicyclic amines) is 1. The molecule has 4 rings (SSSR count). The Kier molecular flexibility index (Phi) is 6.19. The zero-order valence-electron chi connectivity index (χ0n) is 17.3. The lowest BCUT2D eigenvalue weighted by Crippen LogP contribution is -2.33. The van der Waals surface area contributed by atoms with E-state index in [2.05, 4.69) is 48.9 Å². The quantitative estimate of drug-likeness (QED) is 0.508. The molecule has 0 unspecified atom stereocenters. The number of benzene rings is 1. The monoisotopic (exact) mass is 405 g/mol. The molecule has 30 heavy (non-hydrogen) atoms. The van der Waals surface area contributed by atoms with Gasteiger partial charge in [-0.2, -0.15) is 10.2 Å². The van der Waals surface area contributed by atoms with Gasteiger partial charge in [-0.3, -0.25) is 9.69 Å². The molecule has 2 N–H and O–H groups in total. The van der Waals surface area contributed by atoms with E-state index in [1.54, 1.807) is 0 Å². The highest BCUT2D eigenvalue weighted by molar-refractivity contribution is 5.98. The van der Waals surface area contributed by atoms with Crippen LogP contribution in [-0.4, -0.2) is 51.5 Å². The van der Waals surface area contributed by atoms with Crippen molar-refractivity contribution in [2.45, 2.75) is 51.0 Å². The van der Waals surface area contributed by atoms with Crippen LogP contribution in [0.3, 0.4) is 0 Å². The molecule has 1 saturated heterocycles. The van der Waals surface area contributed by atoms with Gasteiger partial charge in [-0.25, -0.2) is 0 Å². The minimum Gasteiger partial charge on any atom is -0.365 e. The summed E-state index contributed by atoms with van der Waals surface area (Å²) in [5, 5.41) is 23.6. The Labute approximate surface area is 176 Å². The lowest BCUT2D eigenvalue weighted by Gasteiger charge is -2.30. The third kappa shape index (κ3) is 4.92. The predicted molar refractivity (Wildman–Crippen MR) is 115 cm³/mol. The molecule has 1 aliphatic carbocycles. The number of carbonyl (C=O) groups is 1. The number of carbonyl (C=O) groups excluding carboxylic acids is 1. The molecule has 2 heterocycles. The van der Waals surface area contributed by atoms with E-state index < -0.39 is 0 Å². The highest BCUT2D eigenvalue weighted by atomic mass is 16.1. The molecule has 1 saturated carbocycles. The molecule has 1 aliphatic heterocycles. The average molecular weight is 406 g/mol. The molecule has 0 amide bonds. The van der Waals surface area contributed by atoms with Crippen molar-refractivity contribution in [1.82, 2.24) is 20.1 Å². The van der Waals surface area contributed by atoms with E-state index in [0.717, 1.165) is 44.5 Å². The van der Waals surface area contributed by atoms with Crippen LogP contribution in [0.25, 0.3) is 0 Å². The minimum atomic E-state index is -0.0603. The van der Waals surface area contributed by atoms with Crippen LogP contribution in [0.1, 0.15) is 61.0 Å². The number of piperidine rings is 1. The zero-order chi connectivity index (χ0) is 20.9. The Hall–Kier alpha value is -3.05. The maximum Gasteiger partial charge on any atom is 0.249 e. The summed E-state index contributed by atoms with van der Waals surface area (Å²) in [5.74, 6) is 1.36. The van der Waals surface area contributed by atoms with E-state index in [0.29, 0.717) is 42.4 Å². The highest BCUT2D eigenvalue weighted by Crippen LogP contribution is 2.29. The van der Waals surface area contributed by atoms with Crippen molar-refractivity contribution in [2.75, 3.05) is 30.3 Å². The SMILES string of the molecule is CCC(=O)c1nnc(Nc2ccc(C3CCN(CC#N)CC3)cc2)nc1NC1CC1. The molecule has 8 heteroatoms. The van der Waals surface area contributed by atoms with Gasteiger partial charge in [-0.15, -0.1) is 10.2 Å². The first-order valence-electron chi connectivity index (χ1n) is 10.7. The highest BCUT2D eigenvalue weighted by Gasteiger charge is 2.25. The molecular weight excluding hydrogens is 378 g/mol. The van der Waals surface area contributed by atoms with Crippen molar-refractivity contribution in [2.24, 2.45) is 0 Å². The number of hydrogen-bond acceptors (Lipinski definition) is 8. The minimum absolute atomic E-state index is 0.0603. The van der Waals surface area contributed by atoms with E-state index in [9.17, 15) is 4.79 Å². The van der Waals surface area contributed by atoms with Crippen LogP contribution >= 0.6 is 0 Å². The number of nitrogens with one attached hydrogen (secondary N) is 2. The Morgan fingerprint density at radius 1 is 1.17 bits per heavy atom. The lowest BCUT2D eigenvalue weighted by molar-refractivity contribution is 0.0983. The number of anilines is 3. The summed E-state index contributed by atoms with van der Waals surface area (Å²) in [6, 6.07) is 10.9. The fourth-order valence-corrected chi connectivity index (χ4v) is 3.75. The van der Waals surface area contributed by atoms with Crippen LogP contribution in [0.15, 0.2) is 24.3 Å². The number of ketones is 1. The molecule has 0 radical (unpaired) electrons. The summed E-state index contributed by atoms with van der Waals surface area (Å²) in [4.78, 5) is 18.8. The first-order valence-corrected chi connectivity index (χ1v) is 10.7. The first kappa shape index (κ1) is 20.2. The van der Waals surface area contributed by atoms with Crippen LogP contribution in [0.4, 0.5) is 17.5 Å². The van der Waals surface area contributed by atoms with Gasteiger partial charge in [0.25, 0.3) is 0 Å². The van der Waals surface area contributed by atoms with E-state index >= 15 is 0 Å². The summed E-state index contributed by atoms with van der Waals surface area (Å²) < 4.78 is 0. The molecule has 2 aliphatic rings. The fraction of sp³-hybridized carbons (Fsp3) is 0.500. The second kappa shape index (κ2) is 9.18. The second-order valence-electron chi connectivity index (χ2n) is 7.98. The smallest absolute Gasteiger partial charge is 0.249 e. The number of nitrogens with zero attached hydrogens (tertiary/aromatic N) is 5. The van der Waals surface area contributed by atoms with Crippen LogP contribution in [-0.2, 0) is 0 Å². The van der Waals surface area contributed by atoms with Crippen molar-refractivity contribution in [3.8, 4) is 6.07 Å². The molecule has 1 aromatic carbocycles. The molecule has 2 aromatic rings. The normalized spacial score (nSPS) is 17.3. The van der Waals surface area contributed by atoms with Crippen molar-refractivity contribution < 1.29 is 4.79 Å². The average Bonchev–Trinajstić information content (AvgIpc) is 3.59. The standard InChI is InChI=1S/C22H27N7O/c1-2-19(30)20-21(24-17-7-8-17)26-22(28-27-20)25-18-5-3-15(4-6-18)16-9-12-29(13-10-16)14-11-23/h3-6,16-17H,2,7-10,12-14H2,1H3,(H2,24,25,26,28). The van der Waals surface area contributed by atoms with Crippen LogP contribution < -0.4 is 10.6 Å². The topological polar surface area (TPSA) is 107 Å². The van der Waals surface area contributed by atoms with Crippen LogP contribution in [0.5, 0.6) is 0 Å². The summed E-state index contributed by atoms with van der Waals surface area (Å²) in [7, 11) is 0. The lowest BCUT2D eigenvalue weighted by atomic mass is 9.89. The van der Waals surface area contributed by atoms with Gasteiger partial charge in [0.05, 0.1) is 12.6 Å². The van der Waals surface area contributed by atoms with Crippen LogP contribution in [0.2, 0.25) is 0 Å². The van der Waals surface area contributed by atoms with Gasteiger partial charge in [-0.1, -0.05) is 19.1 Å². The van der Waals surface area contributed by atoms with E-state index in [1.807, 2.05) is 19.1 Å². The van der Waals surface area contributed by atoms with E-state index in [4.69, 9.17) is 5.26 Å². The van der Waals surface area contributed by atoms with Crippen molar-refractivity contribution in [3.05, 3.63) is 35.5 Å². The Balaban J connectivity index is 1.42. The van der Waals surface area contributed by atoms with Crippen molar-refractivity contribution >= 4 is 23.2 Å². The maximum atomic E-state index is 12.1.